The zero-order valence-electron chi connectivity index (χ0n) is 13.5. The number of ether oxygens (including phenoxy) is 1. The third-order valence-electron chi connectivity index (χ3n) is 3.92. The number of esters is 1. The van der Waals surface area contributed by atoms with Crippen molar-refractivity contribution in [1.82, 2.24) is 0 Å². The fourth-order valence-electron chi connectivity index (χ4n) is 2.54. The second kappa shape index (κ2) is 7.75. The molecule has 0 aromatic heterocycles. The monoisotopic (exact) mass is 310 g/mol. The highest BCUT2D eigenvalue weighted by Crippen LogP contribution is 2.33. The molecule has 0 saturated carbocycles. The molecule has 0 heterocycles. The second-order valence-electron chi connectivity index (χ2n) is 5.71. The molecule has 0 saturated heterocycles. The Morgan fingerprint density at radius 3 is 2.26 bits per heavy atom. The van der Waals surface area contributed by atoms with Gasteiger partial charge >= 0.3 is 5.97 Å². The van der Waals surface area contributed by atoms with E-state index in [1.54, 1.807) is 13.0 Å². The van der Waals surface area contributed by atoms with E-state index < -0.39 is 5.60 Å². The van der Waals surface area contributed by atoms with Crippen LogP contribution in [0.3, 0.4) is 0 Å². The summed E-state index contributed by atoms with van der Waals surface area (Å²) in [5.41, 5.74) is 0.726. The summed E-state index contributed by atoms with van der Waals surface area (Å²) >= 11 is 0. The van der Waals surface area contributed by atoms with Gasteiger partial charge < -0.3 is 9.84 Å². The predicted octanol–water partition coefficient (Wildman–Crippen LogP) is 3.80. The van der Waals surface area contributed by atoms with Crippen LogP contribution < -0.4 is 0 Å². The number of aliphatic hydroxyl groups is 1. The lowest BCUT2D eigenvalue weighted by molar-refractivity contribution is -0.142. The normalized spacial score (nSPS) is 15.1. The van der Waals surface area contributed by atoms with Crippen molar-refractivity contribution < 1.29 is 14.6 Å². The van der Waals surface area contributed by atoms with Gasteiger partial charge in [0.05, 0.1) is 19.1 Å². The van der Waals surface area contributed by atoms with Crippen LogP contribution in [0.2, 0.25) is 0 Å². The van der Waals surface area contributed by atoms with Gasteiger partial charge in [0.25, 0.3) is 0 Å². The molecule has 2 rings (SSSR count). The lowest BCUT2D eigenvalue weighted by Crippen LogP contribution is -2.32. The van der Waals surface area contributed by atoms with E-state index in [4.69, 9.17) is 4.74 Å². The molecule has 0 aliphatic heterocycles. The fourth-order valence-corrected chi connectivity index (χ4v) is 2.54. The van der Waals surface area contributed by atoms with Crippen molar-refractivity contribution in [2.75, 3.05) is 7.11 Å². The van der Waals surface area contributed by atoms with Crippen LogP contribution in [0, 0.1) is 0 Å². The van der Waals surface area contributed by atoms with Crippen LogP contribution in [-0.4, -0.2) is 23.8 Å². The maximum atomic E-state index is 11.8. The Bertz CT molecular complexity index is 645. The van der Waals surface area contributed by atoms with Crippen LogP contribution in [0.15, 0.2) is 66.7 Å². The first kappa shape index (κ1) is 17.0. The van der Waals surface area contributed by atoms with Crippen LogP contribution in [0.4, 0.5) is 0 Å². The van der Waals surface area contributed by atoms with Crippen LogP contribution in [-0.2, 0) is 9.53 Å². The molecule has 0 bridgehead atoms. The SMILES string of the molecule is COC(=O)CC(c1ccccc1)C(C)(O)/C=C/c1ccccc1. The molecule has 23 heavy (non-hydrogen) atoms. The van der Waals surface area contributed by atoms with Crippen LogP contribution >= 0.6 is 0 Å². The third kappa shape index (κ3) is 4.80. The first-order valence-electron chi connectivity index (χ1n) is 7.61. The summed E-state index contributed by atoms with van der Waals surface area (Å²) < 4.78 is 4.79. The smallest absolute Gasteiger partial charge is 0.306 e. The average Bonchev–Trinajstić information content (AvgIpc) is 2.59. The molecule has 0 radical (unpaired) electrons. The molecule has 0 amide bonds. The van der Waals surface area contributed by atoms with Gasteiger partial charge in [-0.3, -0.25) is 4.79 Å². The van der Waals surface area contributed by atoms with Gasteiger partial charge in [-0.1, -0.05) is 72.8 Å². The summed E-state index contributed by atoms with van der Waals surface area (Å²) in [6, 6.07) is 19.3. The van der Waals surface area contributed by atoms with Crippen molar-refractivity contribution in [1.29, 1.82) is 0 Å². The summed E-state index contributed by atoms with van der Waals surface area (Å²) in [7, 11) is 1.36. The topological polar surface area (TPSA) is 46.5 Å². The van der Waals surface area contributed by atoms with Gasteiger partial charge in [-0.25, -0.2) is 0 Å². The Kier molecular flexibility index (Phi) is 5.72. The molecular weight excluding hydrogens is 288 g/mol. The Morgan fingerprint density at radius 1 is 1.13 bits per heavy atom. The standard InChI is InChI=1S/C20H22O3/c1-20(22,14-13-16-9-5-3-6-10-16)18(15-19(21)23-2)17-11-7-4-8-12-17/h3-14,18,22H,15H2,1-2H3/b14-13+. The van der Waals surface area contributed by atoms with E-state index in [1.807, 2.05) is 66.7 Å². The van der Waals surface area contributed by atoms with Gasteiger partial charge in [0.1, 0.15) is 0 Å². The van der Waals surface area contributed by atoms with Gasteiger partial charge in [-0.2, -0.15) is 0 Å². The quantitative estimate of drug-likeness (QED) is 0.826. The molecule has 0 aliphatic carbocycles. The summed E-state index contributed by atoms with van der Waals surface area (Å²) in [5, 5.41) is 10.9. The third-order valence-corrected chi connectivity index (χ3v) is 3.92. The minimum atomic E-state index is -1.18. The molecule has 3 nitrogen and oxygen atoms in total. The van der Waals surface area contributed by atoms with E-state index in [0.29, 0.717) is 0 Å². The number of hydrogen-bond donors (Lipinski definition) is 1. The first-order chi connectivity index (χ1) is 11.0. The lowest BCUT2D eigenvalue weighted by atomic mass is 9.80. The Hall–Kier alpha value is -2.39. The molecule has 1 N–H and O–H groups in total. The largest absolute Gasteiger partial charge is 0.469 e. The molecule has 0 fully saturated rings. The molecule has 2 aromatic rings. The molecule has 2 unspecified atom stereocenters. The second-order valence-corrected chi connectivity index (χ2v) is 5.71. The highest BCUT2D eigenvalue weighted by Gasteiger charge is 2.32. The predicted molar refractivity (Wildman–Crippen MR) is 91.9 cm³/mol. The average molecular weight is 310 g/mol. The van der Waals surface area contributed by atoms with Crippen molar-refractivity contribution in [2.45, 2.75) is 24.9 Å². The first-order valence-corrected chi connectivity index (χ1v) is 7.61. The molecule has 2 aromatic carbocycles. The highest BCUT2D eigenvalue weighted by molar-refractivity contribution is 5.71. The van der Waals surface area contributed by atoms with Gasteiger partial charge in [0.15, 0.2) is 0 Å². The summed E-state index contributed by atoms with van der Waals surface area (Å²) in [5.74, 6) is -0.719. The number of rotatable bonds is 6. The Morgan fingerprint density at radius 2 is 1.70 bits per heavy atom. The van der Waals surface area contributed by atoms with E-state index >= 15 is 0 Å². The van der Waals surface area contributed by atoms with Gasteiger partial charge in [-0.05, 0) is 18.1 Å². The lowest BCUT2D eigenvalue weighted by Gasteiger charge is -2.30. The maximum absolute atomic E-state index is 11.8. The Labute approximate surface area is 137 Å². The summed E-state index contributed by atoms with van der Waals surface area (Å²) in [6.45, 7) is 1.72. The highest BCUT2D eigenvalue weighted by atomic mass is 16.5. The van der Waals surface area contributed by atoms with E-state index in [2.05, 4.69) is 0 Å². The van der Waals surface area contributed by atoms with Crippen molar-refractivity contribution in [2.24, 2.45) is 0 Å². The number of hydrogen-bond acceptors (Lipinski definition) is 3. The Balaban J connectivity index is 2.29. The van der Waals surface area contributed by atoms with Crippen molar-refractivity contribution >= 4 is 12.0 Å². The minimum absolute atomic E-state index is 0.118. The number of methoxy groups -OCH3 is 1. The van der Waals surface area contributed by atoms with Gasteiger partial charge in [0.2, 0.25) is 0 Å². The van der Waals surface area contributed by atoms with Crippen LogP contribution in [0.5, 0.6) is 0 Å². The number of benzene rings is 2. The van der Waals surface area contributed by atoms with E-state index in [-0.39, 0.29) is 18.3 Å². The summed E-state index contributed by atoms with van der Waals surface area (Å²) in [6.07, 6.45) is 3.73. The molecule has 3 heteroatoms. The van der Waals surface area contributed by atoms with Crippen molar-refractivity contribution in [3.05, 3.63) is 77.9 Å². The molecule has 2 atom stereocenters. The van der Waals surface area contributed by atoms with E-state index in [0.717, 1.165) is 11.1 Å². The van der Waals surface area contributed by atoms with Crippen molar-refractivity contribution in [3.8, 4) is 0 Å². The van der Waals surface area contributed by atoms with E-state index in [9.17, 15) is 9.90 Å². The van der Waals surface area contributed by atoms with E-state index in [1.165, 1.54) is 7.11 Å². The van der Waals surface area contributed by atoms with Gasteiger partial charge in [-0.15, -0.1) is 0 Å². The van der Waals surface area contributed by atoms with Crippen LogP contribution in [0.1, 0.15) is 30.4 Å². The fraction of sp³-hybridized carbons (Fsp3) is 0.250. The molecule has 120 valence electrons. The zero-order chi connectivity index (χ0) is 16.7. The maximum Gasteiger partial charge on any atom is 0.306 e. The number of carbonyl (C=O) groups is 1. The van der Waals surface area contributed by atoms with Crippen LogP contribution in [0.25, 0.3) is 6.08 Å². The molecule has 0 aliphatic rings. The number of carbonyl (C=O) groups excluding carboxylic acids is 1. The molecule has 0 spiro atoms. The molecular formula is C20H22O3. The van der Waals surface area contributed by atoms with Gasteiger partial charge in [0, 0.05) is 5.92 Å². The van der Waals surface area contributed by atoms with Crippen molar-refractivity contribution in [3.63, 3.8) is 0 Å². The zero-order valence-corrected chi connectivity index (χ0v) is 13.5. The summed E-state index contributed by atoms with van der Waals surface area (Å²) in [4.78, 5) is 11.8. The minimum Gasteiger partial charge on any atom is -0.469 e.